The van der Waals surface area contributed by atoms with Crippen LogP contribution >= 0.6 is 11.6 Å². The fourth-order valence-electron chi connectivity index (χ4n) is 1.05. The minimum atomic E-state index is -0.461. The highest BCUT2D eigenvalue weighted by Crippen LogP contribution is 2.27. The Balaban J connectivity index is 3.17. The van der Waals surface area contributed by atoms with Gasteiger partial charge in [0.2, 0.25) is 0 Å². The van der Waals surface area contributed by atoms with Crippen LogP contribution in [0.2, 0.25) is 0 Å². The highest BCUT2D eigenvalue weighted by molar-refractivity contribution is 6.67. The van der Waals surface area contributed by atoms with Crippen LogP contribution in [0.5, 0.6) is 0 Å². The topological polar surface area (TPSA) is 30.2 Å². The lowest BCUT2D eigenvalue weighted by Crippen LogP contribution is -2.09. The molecule has 0 fully saturated rings. The van der Waals surface area contributed by atoms with E-state index in [9.17, 15) is 4.79 Å². The number of rotatable bonds is 1. The summed E-state index contributed by atoms with van der Waals surface area (Å²) in [4.78, 5) is 10.9. The second kappa shape index (κ2) is 3.18. The summed E-state index contributed by atoms with van der Waals surface area (Å²) in [6.45, 7) is 7.81. The second-order valence-corrected chi connectivity index (χ2v) is 4.45. The zero-order chi connectivity index (χ0) is 10.2. The lowest BCUT2D eigenvalue weighted by atomic mass is 9.93. The maximum absolute atomic E-state index is 10.9. The van der Waals surface area contributed by atoms with Crippen molar-refractivity contribution >= 4 is 16.8 Å². The number of hydrogen-bond donors (Lipinski definition) is 0. The predicted octanol–water partition coefficient (Wildman–Crippen LogP) is 3.26. The number of carbonyl (C=O) groups is 1. The Bertz CT molecular complexity index is 331. The summed E-state index contributed by atoms with van der Waals surface area (Å²) in [6, 6.07) is 1.71. The number of carbonyl (C=O) groups excluding carboxylic acids is 1. The largest absolute Gasteiger partial charge is 0.465 e. The van der Waals surface area contributed by atoms with Gasteiger partial charge in [0.1, 0.15) is 11.5 Å². The summed E-state index contributed by atoms with van der Waals surface area (Å²) in [6.07, 6.45) is 0. The van der Waals surface area contributed by atoms with E-state index in [-0.39, 0.29) is 5.41 Å². The first-order valence-electron chi connectivity index (χ1n) is 4.13. The van der Waals surface area contributed by atoms with Crippen molar-refractivity contribution in [2.45, 2.75) is 33.1 Å². The Morgan fingerprint density at radius 2 is 2.00 bits per heavy atom. The molecule has 0 atom stereocenters. The van der Waals surface area contributed by atoms with Crippen LogP contribution in [0.15, 0.2) is 10.5 Å². The molecule has 1 aromatic rings. The second-order valence-electron chi connectivity index (χ2n) is 4.10. The van der Waals surface area contributed by atoms with E-state index >= 15 is 0 Å². The third-order valence-electron chi connectivity index (χ3n) is 1.87. The minimum Gasteiger partial charge on any atom is -0.465 e. The van der Waals surface area contributed by atoms with E-state index in [2.05, 4.69) is 0 Å². The summed E-state index contributed by atoms with van der Waals surface area (Å²) >= 11 is 5.37. The molecule has 0 aromatic carbocycles. The van der Waals surface area contributed by atoms with E-state index in [1.165, 1.54) is 0 Å². The molecule has 1 aromatic heterocycles. The molecule has 0 spiro atoms. The molecule has 13 heavy (non-hydrogen) atoms. The van der Waals surface area contributed by atoms with Gasteiger partial charge in [-0.1, -0.05) is 20.8 Å². The Morgan fingerprint density at radius 3 is 2.23 bits per heavy atom. The van der Waals surface area contributed by atoms with Crippen LogP contribution in [0.1, 0.15) is 42.6 Å². The Morgan fingerprint density at radius 1 is 1.46 bits per heavy atom. The highest BCUT2D eigenvalue weighted by Gasteiger charge is 2.21. The van der Waals surface area contributed by atoms with Gasteiger partial charge in [-0.05, 0) is 24.6 Å². The maximum atomic E-state index is 10.9. The fraction of sp³-hybridized carbons (Fsp3) is 0.500. The van der Waals surface area contributed by atoms with Crippen LogP contribution in [0.25, 0.3) is 0 Å². The quantitative estimate of drug-likeness (QED) is 0.652. The number of furan rings is 1. The van der Waals surface area contributed by atoms with Gasteiger partial charge in [-0.3, -0.25) is 4.79 Å². The summed E-state index contributed by atoms with van der Waals surface area (Å²) in [5, 5.41) is -0.461. The lowest BCUT2D eigenvalue weighted by molar-refractivity contribution is 0.108. The smallest absolute Gasteiger partial charge is 0.255 e. The zero-order valence-corrected chi connectivity index (χ0v) is 9.03. The first-order chi connectivity index (χ1) is 5.82. The molecule has 0 saturated heterocycles. The van der Waals surface area contributed by atoms with Gasteiger partial charge in [-0.15, -0.1) is 0 Å². The molecule has 2 nitrogen and oxygen atoms in total. The average Bonchev–Trinajstić information content (AvgIpc) is 2.29. The van der Waals surface area contributed by atoms with E-state index in [0.29, 0.717) is 11.3 Å². The molecule has 72 valence electrons. The molecule has 0 bridgehead atoms. The number of aryl methyl sites for hydroxylation is 1. The lowest BCUT2D eigenvalue weighted by Gasteiger charge is -2.13. The van der Waals surface area contributed by atoms with E-state index in [1.54, 1.807) is 13.0 Å². The van der Waals surface area contributed by atoms with Gasteiger partial charge in [0.15, 0.2) is 0 Å². The normalized spacial score (nSPS) is 11.8. The van der Waals surface area contributed by atoms with Crippen molar-refractivity contribution in [2.24, 2.45) is 0 Å². The van der Waals surface area contributed by atoms with Crippen molar-refractivity contribution in [3.63, 3.8) is 0 Å². The molecule has 0 amide bonds. The Hall–Kier alpha value is -0.760. The molecule has 0 saturated carbocycles. The van der Waals surface area contributed by atoms with Crippen LogP contribution in [-0.2, 0) is 5.41 Å². The molecule has 0 aliphatic rings. The van der Waals surface area contributed by atoms with Crippen LogP contribution in [0.4, 0.5) is 0 Å². The third kappa shape index (κ3) is 2.13. The Kier molecular flexibility index (Phi) is 2.53. The van der Waals surface area contributed by atoms with E-state index in [4.69, 9.17) is 16.0 Å². The van der Waals surface area contributed by atoms with Gasteiger partial charge in [0.25, 0.3) is 5.24 Å². The van der Waals surface area contributed by atoms with Crippen molar-refractivity contribution < 1.29 is 9.21 Å². The fourth-order valence-corrected chi connectivity index (χ4v) is 1.23. The molecule has 0 aliphatic heterocycles. The van der Waals surface area contributed by atoms with E-state index in [0.717, 1.165) is 5.76 Å². The monoisotopic (exact) mass is 200 g/mol. The van der Waals surface area contributed by atoms with Crippen LogP contribution < -0.4 is 0 Å². The molecule has 0 aliphatic carbocycles. The summed E-state index contributed by atoms with van der Waals surface area (Å²) in [5.41, 5.74) is 0.376. The molecule has 0 radical (unpaired) electrons. The number of hydrogen-bond acceptors (Lipinski definition) is 2. The van der Waals surface area contributed by atoms with Crippen molar-refractivity contribution in [1.82, 2.24) is 0 Å². The Labute approximate surface area is 82.9 Å². The molecule has 0 N–H and O–H groups in total. The van der Waals surface area contributed by atoms with Crippen molar-refractivity contribution in [2.75, 3.05) is 0 Å². The first-order valence-corrected chi connectivity index (χ1v) is 4.51. The van der Waals surface area contributed by atoms with Crippen LogP contribution in [0.3, 0.4) is 0 Å². The molecule has 3 heteroatoms. The van der Waals surface area contributed by atoms with Gasteiger partial charge in [0, 0.05) is 5.41 Å². The first kappa shape index (κ1) is 10.3. The van der Waals surface area contributed by atoms with E-state index in [1.807, 2.05) is 20.8 Å². The van der Waals surface area contributed by atoms with Crippen molar-refractivity contribution in [3.05, 3.63) is 23.2 Å². The molecular formula is C10H13ClO2. The third-order valence-corrected chi connectivity index (χ3v) is 2.07. The van der Waals surface area contributed by atoms with Gasteiger partial charge in [0.05, 0.1) is 5.56 Å². The molecule has 1 rings (SSSR count). The van der Waals surface area contributed by atoms with Gasteiger partial charge in [-0.2, -0.15) is 0 Å². The van der Waals surface area contributed by atoms with Crippen LogP contribution in [0, 0.1) is 6.92 Å². The van der Waals surface area contributed by atoms with Gasteiger partial charge >= 0.3 is 0 Å². The minimum absolute atomic E-state index is 0.0879. The highest BCUT2D eigenvalue weighted by atomic mass is 35.5. The SMILES string of the molecule is Cc1oc(C(C)(C)C)cc1C(=O)Cl. The van der Waals surface area contributed by atoms with Gasteiger partial charge in [-0.25, -0.2) is 0 Å². The predicted molar refractivity (Wildman–Crippen MR) is 52.3 cm³/mol. The molecular weight excluding hydrogens is 188 g/mol. The van der Waals surface area contributed by atoms with E-state index < -0.39 is 5.24 Å². The maximum Gasteiger partial charge on any atom is 0.255 e. The van der Waals surface area contributed by atoms with Crippen LogP contribution in [-0.4, -0.2) is 5.24 Å². The zero-order valence-electron chi connectivity index (χ0n) is 8.27. The average molecular weight is 201 g/mol. The molecule has 0 unspecified atom stereocenters. The van der Waals surface area contributed by atoms with Crippen molar-refractivity contribution in [3.8, 4) is 0 Å². The van der Waals surface area contributed by atoms with Crippen molar-refractivity contribution in [1.29, 1.82) is 0 Å². The molecule has 1 heterocycles. The summed E-state index contributed by atoms with van der Waals surface area (Å²) < 4.78 is 5.44. The standard InChI is InChI=1S/C10H13ClO2/c1-6-7(9(11)12)5-8(13-6)10(2,3)4/h5H,1-4H3. The van der Waals surface area contributed by atoms with Gasteiger partial charge < -0.3 is 4.42 Å². The number of halogens is 1. The summed E-state index contributed by atoms with van der Waals surface area (Å²) in [5.74, 6) is 1.37. The summed E-state index contributed by atoms with van der Waals surface area (Å²) in [7, 11) is 0.